The summed E-state index contributed by atoms with van der Waals surface area (Å²) in [5.41, 5.74) is 0. The predicted octanol–water partition coefficient (Wildman–Crippen LogP) is -2.45. The molecule has 0 aliphatic heterocycles. The fourth-order valence-electron chi connectivity index (χ4n) is 0.162. The van der Waals surface area contributed by atoms with Gasteiger partial charge in [-0.15, -0.1) is 0 Å². The molecule has 0 bridgehead atoms. The number of hydrogen-bond donors (Lipinski definition) is 3. The summed E-state index contributed by atoms with van der Waals surface area (Å²) in [6, 6.07) is 0. The molecule has 0 atom stereocenters. The van der Waals surface area contributed by atoms with Crippen LogP contribution >= 0.6 is 0 Å². The number of nitrogens with two attached hydrogens (primary N) is 2. The van der Waals surface area contributed by atoms with Gasteiger partial charge in [-0.1, -0.05) is 11.6 Å². The van der Waals surface area contributed by atoms with E-state index in [1.54, 1.807) is 0 Å². The quantitative estimate of drug-likeness (QED) is 0.438. The van der Waals surface area contributed by atoms with Gasteiger partial charge < -0.3 is 0 Å². The standard InChI is InChI=1S/CH4.H5N3O5S2/c;1-8-10(6,7)3-9(2,4)5/h1H4;3H,1H2,(H2,2,4,5). The summed E-state index contributed by atoms with van der Waals surface area (Å²) in [7, 11) is -8.80. The van der Waals surface area contributed by atoms with Crippen molar-refractivity contribution in [2.24, 2.45) is 11.0 Å². The van der Waals surface area contributed by atoms with Crippen LogP contribution in [0.4, 0.5) is 0 Å². The zero-order valence-electron chi connectivity index (χ0n) is 4.51. The molecule has 0 unspecified atom stereocenters. The molecule has 0 aliphatic carbocycles. The van der Waals surface area contributed by atoms with Crippen molar-refractivity contribution in [1.82, 2.24) is 4.13 Å². The van der Waals surface area contributed by atoms with Crippen LogP contribution in [0.3, 0.4) is 0 Å². The lowest BCUT2D eigenvalue weighted by Crippen LogP contribution is -2.38. The molecule has 0 aromatic carbocycles. The van der Waals surface area contributed by atoms with Gasteiger partial charge in [-0.2, -0.15) is 27.0 Å². The van der Waals surface area contributed by atoms with Gasteiger partial charge in [0.15, 0.2) is 0 Å². The van der Waals surface area contributed by atoms with Gasteiger partial charge in [-0.3, -0.25) is 0 Å². The van der Waals surface area contributed by atoms with Gasteiger partial charge in [-0.25, -0.2) is 5.14 Å². The van der Waals surface area contributed by atoms with E-state index in [1.165, 1.54) is 0 Å². The maximum atomic E-state index is 10.1. The predicted molar refractivity (Wildman–Crippen MR) is 37.2 cm³/mol. The van der Waals surface area contributed by atoms with E-state index >= 15 is 0 Å². The molecule has 10 heteroatoms. The first-order valence-corrected chi connectivity index (χ1v) is 4.67. The minimum absolute atomic E-state index is 0. The first-order chi connectivity index (χ1) is 4.27. The molecule has 0 spiro atoms. The SMILES string of the molecule is C.NOS(=O)(=O)NS(N)(=O)=O. The van der Waals surface area contributed by atoms with Crippen LogP contribution in [0.1, 0.15) is 7.43 Å². The van der Waals surface area contributed by atoms with Gasteiger partial charge in [0.1, 0.15) is 0 Å². The second-order valence-corrected chi connectivity index (χ2v) is 4.04. The number of rotatable bonds is 3. The van der Waals surface area contributed by atoms with Gasteiger partial charge in [0.2, 0.25) is 0 Å². The minimum atomic E-state index is -4.46. The molecule has 0 saturated heterocycles. The fraction of sp³-hybridized carbons (Fsp3) is 1.00. The highest BCUT2D eigenvalue weighted by atomic mass is 32.3. The van der Waals surface area contributed by atoms with Crippen molar-refractivity contribution in [3.05, 3.63) is 0 Å². The summed E-state index contributed by atoms with van der Waals surface area (Å²) in [6.45, 7) is 0. The first kappa shape index (κ1) is 13.3. The molecule has 0 aromatic heterocycles. The third kappa shape index (κ3) is 7.64. The van der Waals surface area contributed by atoms with Crippen molar-refractivity contribution in [2.75, 3.05) is 0 Å². The Kier molecular flexibility index (Phi) is 4.78. The van der Waals surface area contributed by atoms with Gasteiger partial charge in [0.05, 0.1) is 0 Å². The summed E-state index contributed by atoms with van der Waals surface area (Å²) in [5.74, 6) is 4.14. The van der Waals surface area contributed by atoms with Gasteiger partial charge >= 0.3 is 10.3 Å². The summed E-state index contributed by atoms with van der Waals surface area (Å²) >= 11 is 0. The molecule has 5 N–H and O–H groups in total. The number of hydrogen-bond acceptors (Lipinski definition) is 6. The average Bonchev–Trinajstić information content (AvgIpc) is 1.60. The molecule has 0 rings (SSSR count). The van der Waals surface area contributed by atoms with Gasteiger partial charge in [0.25, 0.3) is 10.2 Å². The molecule has 11 heavy (non-hydrogen) atoms. The van der Waals surface area contributed by atoms with E-state index in [0.717, 1.165) is 4.13 Å². The molecule has 0 amide bonds. The Bertz CT molecular complexity index is 288. The van der Waals surface area contributed by atoms with Crippen molar-refractivity contribution in [2.45, 2.75) is 7.43 Å². The maximum Gasteiger partial charge on any atom is 0.365 e. The van der Waals surface area contributed by atoms with Crippen LogP contribution in [-0.4, -0.2) is 16.8 Å². The molecule has 0 saturated carbocycles. The van der Waals surface area contributed by atoms with Crippen LogP contribution in [0.15, 0.2) is 0 Å². The van der Waals surface area contributed by atoms with Crippen LogP contribution in [0.2, 0.25) is 0 Å². The molecule has 0 radical (unpaired) electrons. The Hall–Kier alpha value is -0.260. The van der Waals surface area contributed by atoms with Crippen LogP contribution in [0.5, 0.6) is 0 Å². The van der Waals surface area contributed by atoms with Crippen LogP contribution < -0.4 is 15.2 Å². The Labute approximate surface area is 64.9 Å². The van der Waals surface area contributed by atoms with Crippen LogP contribution in [-0.2, 0) is 24.8 Å². The van der Waals surface area contributed by atoms with E-state index in [4.69, 9.17) is 0 Å². The molecule has 0 aromatic rings. The van der Waals surface area contributed by atoms with E-state index < -0.39 is 20.5 Å². The summed E-state index contributed by atoms with van der Waals surface area (Å²) in [6.07, 6.45) is 0. The lowest BCUT2D eigenvalue weighted by molar-refractivity contribution is 0.330. The lowest BCUT2D eigenvalue weighted by atomic mass is 12.0. The highest BCUT2D eigenvalue weighted by Gasteiger charge is 2.15. The van der Waals surface area contributed by atoms with E-state index in [1.807, 2.05) is 0 Å². The zero-order valence-corrected chi connectivity index (χ0v) is 6.15. The Morgan fingerprint density at radius 1 is 1.18 bits per heavy atom. The Morgan fingerprint density at radius 3 is 1.64 bits per heavy atom. The normalized spacial score (nSPS) is 12.2. The topological polar surface area (TPSA) is 142 Å². The second kappa shape index (κ2) is 3.94. The highest BCUT2D eigenvalue weighted by molar-refractivity contribution is 8.01. The summed E-state index contributed by atoms with van der Waals surface area (Å²) < 4.78 is 44.2. The summed E-state index contributed by atoms with van der Waals surface area (Å²) in [4.78, 5) is 0. The minimum Gasteiger partial charge on any atom is -0.215 e. The van der Waals surface area contributed by atoms with E-state index in [9.17, 15) is 16.8 Å². The molecule has 0 heterocycles. The molecule has 8 nitrogen and oxygen atoms in total. The Balaban J connectivity index is 0. The zero-order chi connectivity index (χ0) is 8.41. The van der Waals surface area contributed by atoms with Crippen molar-refractivity contribution < 1.29 is 21.1 Å². The van der Waals surface area contributed by atoms with Crippen molar-refractivity contribution in [3.63, 3.8) is 0 Å². The molecular formula is CH9N3O5S2. The van der Waals surface area contributed by atoms with E-state index in [0.29, 0.717) is 0 Å². The van der Waals surface area contributed by atoms with E-state index in [-0.39, 0.29) is 7.43 Å². The third-order valence-corrected chi connectivity index (χ3v) is 2.34. The highest BCUT2D eigenvalue weighted by Crippen LogP contribution is 1.80. The fourth-order valence-corrected chi connectivity index (χ4v) is 1.46. The van der Waals surface area contributed by atoms with E-state index in [2.05, 4.69) is 15.3 Å². The summed E-state index contributed by atoms with van der Waals surface area (Å²) in [5, 5.41) is 4.24. The molecule has 0 aliphatic rings. The number of nitrogens with one attached hydrogen (secondary N) is 1. The molecule has 0 fully saturated rings. The van der Waals surface area contributed by atoms with Crippen molar-refractivity contribution in [1.29, 1.82) is 0 Å². The molecule has 70 valence electrons. The first-order valence-electron chi connectivity index (χ1n) is 1.71. The van der Waals surface area contributed by atoms with Gasteiger partial charge in [0, 0.05) is 0 Å². The lowest BCUT2D eigenvalue weighted by Gasteiger charge is -1.97. The van der Waals surface area contributed by atoms with Crippen LogP contribution in [0, 0.1) is 0 Å². The smallest absolute Gasteiger partial charge is 0.215 e. The Morgan fingerprint density at radius 2 is 1.55 bits per heavy atom. The van der Waals surface area contributed by atoms with Crippen molar-refractivity contribution >= 4 is 20.5 Å². The largest absolute Gasteiger partial charge is 0.365 e. The van der Waals surface area contributed by atoms with Crippen molar-refractivity contribution in [3.8, 4) is 0 Å². The van der Waals surface area contributed by atoms with Gasteiger partial charge in [-0.05, 0) is 0 Å². The average molecular weight is 207 g/mol. The maximum absolute atomic E-state index is 10.1. The van der Waals surface area contributed by atoms with Crippen LogP contribution in [0.25, 0.3) is 0 Å². The second-order valence-electron chi connectivity index (χ2n) is 1.18. The monoisotopic (exact) mass is 207 g/mol. The third-order valence-electron chi connectivity index (χ3n) is 0.345. The molecular weight excluding hydrogens is 198 g/mol.